The van der Waals surface area contributed by atoms with Crippen LogP contribution in [-0.4, -0.2) is 23.6 Å². The van der Waals surface area contributed by atoms with Crippen LogP contribution in [0.5, 0.6) is 5.75 Å². The number of fused-ring (bicyclic) bond motifs is 1. The van der Waals surface area contributed by atoms with Crippen molar-refractivity contribution in [3.05, 3.63) is 29.8 Å². The van der Waals surface area contributed by atoms with Crippen molar-refractivity contribution in [2.75, 3.05) is 7.11 Å². The molecule has 0 aliphatic heterocycles. The molecule has 22 heavy (non-hydrogen) atoms. The first-order chi connectivity index (χ1) is 10.6. The van der Waals surface area contributed by atoms with Gasteiger partial charge in [-0.15, -0.1) is 0 Å². The number of aliphatic hydroxyl groups is 1. The predicted molar refractivity (Wildman–Crippen MR) is 84.5 cm³/mol. The lowest BCUT2D eigenvalue weighted by Crippen LogP contribution is -2.48. The van der Waals surface area contributed by atoms with Crippen molar-refractivity contribution in [3.8, 4) is 17.6 Å². The fourth-order valence-corrected chi connectivity index (χ4v) is 3.85. The van der Waals surface area contributed by atoms with E-state index in [1.165, 1.54) is 0 Å². The first kappa shape index (κ1) is 15.1. The molecule has 0 saturated heterocycles. The molecule has 0 amide bonds. The monoisotopic (exact) mass is 298 g/mol. The first-order valence-corrected chi connectivity index (χ1v) is 8.05. The van der Waals surface area contributed by atoms with Crippen LogP contribution in [0.3, 0.4) is 0 Å². The molecular formula is C19H22O3. The van der Waals surface area contributed by atoms with E-state index in [-0.39, 0.29) is 11.8 Å². The third kappa shape index (κ3) is 2.89. The number of ketones is 1. The standard InChI is InChI=1S/C19H22O3/c1-22-15-6-2-5-14(13-15)10-12-19(21)11-4-7-16-17(19)8-3-9-18(16)20/h2,5-6,13,16-17,21H,3-4,7-9,11H2,1H3/t16-,17-,19-/m0/s1. The lowest BCUT2D eigenvalue weighted by molar-refractivity contribution is -0.135. The summed E-state index contributed by atoms with van der Waals surface area (Å²) in [7, 11) is 1.62. The second-order valence-corrected chi connectivity index (χ2v) is 6.37. The molecule has 0 aromatic heterocycles. The molecule has 0 spiro atoms. The molecular weight excluding hydrogens is 276 g/mol. The summed E-state index contributed by atoms with van der Waals surface area (Å²) in [5.41, 5.74) is -0.195. The van der Waals surface area contributed by atoms with Gasteiger partial charge in [0.1, 0.15) is 17.1 Å². The van der Waals surface area contributed by atoms with Gasteiger partial charge in [-0.05, 0) is 50.3 Å². The minimum absolute atomic E-state index is 0.000563. The minimum Gasteiger partial charge on any atom is -0.497 e. The Kier molecular flexibility index (Phi) is 4.22. The normalized spacial score (nSPS) is 30.9. The number of carbonyl (C=O) groups is 1. The number of Topliss-reactive ketones (excluding diaryl/α,β-unsaturated/α-hetero) is 1. The van der Waals surface area contributed by atoms with Gasteiger partial charge in [0.05, 0.1) is 7.11 Å². The first-order valence-electron chi connectivity index (χ1n) is 8.05. The number of hydrogen-bond acceptors (Lipinski definition) is 3. The molecule has 2 fully saturated rings. The third-order valence-electron chi connectivity index (χ3n) is 5.02. The highest BCUT2D eigenvalue weighted by Gasteiger charge is 2.47. The van der Waals surface area contributed by atoms with E-state index < -0.39 is 5.60 Å². The van der Waals surface area contributed by atoms with E-state index in [4.69, 9.17) is 4.74 Å². The van der Waals surface area contributed by atoms with Crippen molar-refractivity contribution in [1.82, 2.24) is 0 Å². The lowest BCUT2D eigenvalue weighted by Gasteiger charge is -2.43. The summed E-state index contributed by atoms with van der Waals surface area (Å²) in [5, 5.41) is 11.0. The maximum absolute atomic E-state index is 12.1. The predicted octanol–water partition coefficient (Wildman–Crippen LogP) is 2.95. The van der Waals surface area contributed by atoms with Gasteiger partial charge in [-0.1, -0.05) is 17.9 Å². The number of ether oxygens (including phenoxy) is 1. The van der Waals surface area contributed by atoms with Crippen molar-refractivity contribution >= 4 is 5.78 Å². The highest BCUT2D eigenvalue weighted by atomic mass is 16.5. The highest BCUT2D eigenvalue weighted by Crippen LogP contribution is 2.44. The van der Waals surface area contributed by atoms with Crippen molar-refractivity contribution in [2.45, 2.75) is 44.1 Å². The van der Waals surface area contributed by atoms with Crippen LogP contribution in [0.2, 0.25) is 0 Å². The fourth-order valence-electron chi connectivity index (χ4n) is 3.85. The second-order valence-electron chi connectivity index (χ2n) is 6.37. The molecule has 1 aromatic carbocycles. The Bertz CT molecular complexity index is 625. The SMILES string of the molecule is COc1cccc(C#C[C@@]2(O)CCC[C@@H]3C(=O)CCC[C@@H]32)c1. The summed E-state index contributed by atoms with van der Waals surface area (Å²) in [5.74, 6) is 7.25. The maximum atomic E-state index is 12.1. The maximum Gasteiger partial charge on any atom is 0.136 e. The summed E-state index contributed by atoms with van der Waals surface area (Å²) in [6.45, 7) is 0. The van der Waals surface area contributed by atoms with Crippen LogP contribution in [0.4, 0.5) is 0 Å². The molecule has 116 valence electrons. The number of methoxy groups -OCH3 is 1. The van der Waals surface area contributed by atoms with Crippen LogP contribution in [0.25, 0.3) is 0 Å². The van der Waals surface area contributed by atoms with Crippen LogP contribution in [0.1, 0.15) is 44.1 Å². The van der Waals surface area contributed by atoms with Gasteiger partial charge in [0.25, 0.3) is 0 Å². The Morgan fingerprint density at radius 2 is 2.18 bits per heavy atom. The minimum atomic E-state index is -1.03. The van der Waals surface area contributed by atoms with Crippen molar-refractivity contribution in [2.24, 2.45) is 11.8 Å². The van der Waals surface area contributed by atoms with Crippen LogP contribution in [0, 0.1) is 23.7 Å². The fraction of sp³-hybridized carbons (Fsp3) is 0.526. The molecule has 3 heteroatoms. The summed E-state index contributed by atoms with van der Waals surface area (Å²) in [6, 6.07) is 7.53. The van der Waals surface area contributed by atoms with Gasteiger partial charge in [0.2, 0.25) is 0 Å². The summed E-state index contributed by atoms with van der Waals surface area (Å²) in [6.07, 6.45) is 4.89. The number of hydrogen-bond donors (Lipinski definition) is 1. The van der Waals surface area contributed by atoms with E-state index in [9.17, 15) is 9.90 Å². The Balaban J connectivity index is 1.86. The average Bonchev–Trinajstić information content (AvgIpc) is 2.55. The molecule has 2 saturated carbocycles. The van der Waals surface area contributed by atoms with Crippen molar-refractivity contribution < 1.29 is 14.6 Å². The molecule has 3 rings (SSSR count). The molecule has 1 N–H and O–H groups in total. The van der Waals surface area contributed by atoms with Gasteiger partial charge in [0.15, 0.2) is 0 Å². The summed E-state index contributed by atoms with van der Waals surface area (Å²) < 4.78 is 5.20. The zero-order valence-corrected chi connectivity index (χ0v) is 13.0. The second kappa shape index (κ2) is 6.14. The van der Waals surface area contributed by atoms with Crippen LogP contribution in [-0.2, 0) is 4.79 Å². The van der Waals surface area contributed by atoms with Crippen LogP contribution >= 0.6 is 0 Å². The third-order valence-corrected chi connectivity index (χ3v) is 5.02. The number of rotatable bonds is 1. The molecule has 0 heterocycles. The summed E-state index contributed by atoms with van der Waals surface area (Å²) >= 11 is 0. The van der Waals surface area contributed by atoms with E-state index in [0.29, 0.717) is 18.6 Å². The largest absolute Gasteiger partial charge is 0.497 e. The van der Waals surface area contributed by atoms with Gasteiger partial charge in [-0.2, -0.15) is 0 Å². The number of carbonyl (C=O) groups excluding carboxylic acids is 1. The zero-order valence-electron chi connectivity index (χ0n) is 13.0. The van der Waals surface area contributed by atoms with E-state index in [2.05, 4.69) is 11.8 Å². The highest BCUT2D eigenvalue weighted by molar-refractivity contribution is 5.82. The molecule has 2 aliphatic carbocycles. The van der Waals surface area contributed by atoms with Gasteiger partial charge < -0.3 is 9.84 Å². The molecule has 3 atom stereocenters. The Labute approximate surface area is 131 Å². The Morgan fingerprint density at radius 1 is 1.32 bits per heavy atom. The lowest BCUT2D eigenvalue weighted by atomic mass is 9.63. The van der Waals surface area contributed by atoms with E-state index >= 15 is 0 Å². The van der Waals surface area contributed by atoms with Crippen LogP contribution < -0.4 is 4.74 Å². The molecule has 0 radical (unpaired) electrons. The zero-order chi connectivity index (χ0) is 15.6. The average molecular weight is 298 g/mol. The molecule has 2 aliphatic rings. The van der Waals surface area contributed by atoms with E-state index in [0.717, 1.165) is 37.0 Å². The topological polar surface area (TPSA) is 46.5 Å². The summed E-state index contributed by atoms with van der Waals surface area (Å²) in [4.78, 5) is 12.1. The van der Waals surface area contributed by atoms with Gasteiger partial charge in [-0.3, -0.25) is 4.79 Å². The van der Waals surface area contributed by atoms with E-state index in [1.54, 1.807) is 7.11 Å². The molecule has 3 nitrogen and oxygen atoms in total. The Hall–Kier alpha value is -1.79. The van der Waals surface area contributed by atoms with Gasteiger partial charge in [0, 0.05) is 23.8 Å². The van der Waals surface area contributed by atoms with Crippen molar-refractivity contribution in [3.63, 3.8) is 0 Å². The molecule has 0 bridgehead atoms. The van der Waals surface area contributed by atoms with Gasteiger partial charge in [-0.25, -0.2) is 0 Å². The number of benzene rings is 1. The molecule has 1 aromatic rings. The van der Waals surface area contributed by atoms with Crippen LogP contribution in [0.15, 0.2) is 24.3 Å². The van der Waals surface area contributed by atoms with Crippen molar-refractivity contribution in [1.29, 1.82) is 0 Å². The Morgan fingerprint density at radius 3 is 3.00 bits per heavy atom. The smallest absolute Gasteiger partial charge is 0.136 e. The van der Waals surface area contributed by atoms with E-state index in [1.807, 2.05) is 24.3 Å². The quantitative estimate of drug-likeness (QED) is 0.811. The molecule has 0 unspecified atom stereocenters. The van der Waals surface area contributed by atoms with Gasteiger partial charge >= 0.3 is 0 Å².